The molecule has 4 nitrogen and oxygen atoms in total. The molecule has 3 rings (SSSR count). The van der Waals surface area contributed by atoms with E-state index in [0.717, 1.165) is 12.8 Å². The number of rotatable bonds is 5. The summed E-state index contributed by atoms with van der Waals surface area (Å²) in [7, 11) is 0. The van der Waals surface area contributed by atoms with E-state index in [0.29, 0.717) is 43.2 Å². The van der Waals surface area contributed by atoms with Gasteiger partial charge in [0.15, 0.2) is 0 Å². The van der Waals surface area contributed by atoms with Crippen molar-refractivity contribution in [1.29, 1.82) is 0 Å². The Kier molecular flexibility index (Phi) is 6.29. The van der Waals surface area contributed by atoms with Gasteiger partial charge in [0.1, 0.15) is 0 Å². The van der Waals surface area contributed by atoms with E-state index in [-0.39, 0.29) is 11.8 Å². The minimum Gasteiger partial charge on any atom is -0.339 e. The number of amides is 2. The molecule has 1 saturated heterocycles. The Morgan fingerprint density at radius 3 is 2.12 bits per heavy atom. The van der Waals surface area contributed by atoms with Crippen molar-refractivity contribution in [3.8, 4) is 0 Å². The Balaban J connectivity index is 1.43. The van der Waals surface area contributed by atoms with E-state index < -0.39 is 0 Å². The maximum absolute atomic E-state index is 12.5. The molecule has 0 spiro atoms. The van der Waals surface area contributed by atoms with E-state index in [9.17, 15) is 9.59 Å². The quantitative estimate of drug-likeness (QED) is 0.806. The molecule has 136 valence electrons. The summed E-state index contributed by atoms with van der Waals surface area (Å²) in [6.45, 7) is 2.35. The monoisotopic (exact) mass is 370 g/mol. The summed E-state index contributed by atoms with van der Waals surface area (Å²) in [5, 5.41) is 0.618. The lowest BCUT2D eigenvalue weighted by atomic mass is 10.1. The molecule has 1 aliphatic rings. The van der Waals surface area contributed by atoms with Crippen LogP contribution < -0.4 is 0 Å². The largest absolute Gasteiger partial charge is 0.339 e. The molecule has 26 heavy (non-hydrogen) atoms. The van der Waals surface area contributed by atoms with Gasteiger partial charge in [-0.25, -0.2) is 0 Å². The van der Waals surface area contributed by atoms with Crippen LogP contribution in [0.1, 0.15) is 28.8 Å². The summed E-state index contributed by atoms with van der Waals surface area (Å²) in [6.07, 6.45) is 2.33. The molecule has 0 atom stereocenters. The predicted octanol–water partition coefficient (Wildman–Crippen LogP) is 3.65. The molecule has 2 amide bonds. The molecule has 0 aromatic heterocycles. The van der Waals surface area contributed by atoms with Gasteiger partial charge in [-0.15, -0.1) is 0 Å². The number of aryl methyl sites for hydroxylation is 1. The van der Waals surface area contributed by atoms with Gasteiger partial charge in [0.2, 0.25) is 5.91 Å². The van der Waals surface area contributed by atoms with E-state index in [2.05, 4.69) is 12.1 Å². The third-order valence-electron chi connectivity index (χ3n) is 4.71. The van der Waals surface area contributed by atoms with E-state index in [1.807, 2.05) is 23.1 Å². The molecule has 0 saturated carbocycles. The second-order valence-electron chi connectivity index (χ2n) is 6.52. The highest BCUT2D eigenvalue weighted by Crippen LogP contribution is 2.14. The van der Waals surface area contributed by atoms with Gasteiger partial charge in [-0.2, -0.15) is 0 Å². The van der Waals surface area contributed by atoms with Crippen LogP contribution in [0.2, 0.25) is 5.02 Å². The lowest BCUT2D eigenvalue weighted by Gasteiger charge is -2.35. The molecule has 0 N–H and O–H groups in total. The number of piperazine rings is 1. The van der Waals surface area contributed by atoms with Crippen LogP contribution in [0, 0.1) is 0 Å². The van der Waals surface area contributed by atoms with E-state index in [1.165, 1.54) is 5.56 Å². The van der Waals surface area contributed by atoms with Crippen molar-refractivity contribution in [3.63, 3.8) is 0 Å². The third kappa shape index (κ3) is 4.85. The summed E-state index contributed by atoms with van der Waals surface area (Å²) in [5.74, 6) is 0.178. The molecule has 2 aromatic rings. The summed E-state index contributed by atoms with van der Waals surface area (Å²) in [4.78, 5) is 28.6. The lowest BCUT2D eigenvalue weighted by Crippen LogP contribution is -2.50. The minimum atomic E-state index is -0.00200. The zero-order valence-electron chi connectivity index (χ0n) is 14.7. The molecular formula is C21H23ClN2O2. The molecule has 2 aromatic carbocycles. The van der Waals surface area contributed by atoms with Crippen LogP contribution >= 0.6 is 11.6 Å². The van der Waals surface area contributed by atoms with Crippen molar-refractivity contribution in [3.05, 3.63) is 70.7 Å². The fourth-order valence-corrected chi connectivity index (χ4v) is 3.31. The van der Waals surface area contributed by atoms with Crippen molar-refractivity contribution in [2.75, 3.05) is 26.2 Å². The topological polar surface area (TPSA) is 40.6 Å². The SMILES string of the molecule is O=C(CCCc1ccccc1)N1CCN(C(=O)c2ccc(Cl)cc2)CC1. The van der Waals surface area contributed by atoms with Gasteiger partial charge in [0, 0.05) is 43.2 Å². The molecule has 0 bridgehead atoms. The Morgan fingerprint density at radius 1 is 0.846 bits per heavy atom. The highest BCUT2D eigenvalue weighted by Gasteiger charge is 2.24. The number of nitrogens with zero attached hydrogens (tertiary/aromatic N) is 2. The number of hydrogen-bond donors (Lipinski definition) is 0. The second kappa shape index (κ2) is 8.86. The van der Waals surface area contributed by atoms with Gasteiger partial charge in [-0.05, 0) is 42.7 Å². The summed E-state index contributed by atoms with van der Waals surface area (Å²) < 4.78 is 0. The molecule has 1 fully saturated rings. The molecule has 0 unspecified atom stereocenters. The van der Waals surface area contributed by atoms with Gasteiger partial charge < -0.3 is 9.80 Å². The lowest BCUT2D eigenvalue weighted by molar-refractivity contribution is -0.132. The van der Waals surface area contributed by atoms with Crippen molar-refractivity contribution in [2.45, 2.75) is 19.3 Å². The maximum Gasteiger partial charge on any atom is 0.253 e. The highest BCUT2D eigenvalue weighted by molar-refractivity contribution is 6.30. The Hall–Kier alpha value is -2.33. The number of halogens is 1. The van der Waals surface area contributed by atoms with Crippen LogP contribution in [-0.2, 0) is 11.2 Å². The average molecular weight is 371 g/mol. The normalized spacial score (nSPS) is 14.3. The summed E-state index contributed by atoms with van der Waals surface area (Å²) in [6, 6.07) is 17.2. The maximum atomic E-state index is 12.5. The van der Waals surface area contributed by atoms with Crippen LogP contribution in [-0.4, -0.2) is 47.8 Å². The molecule has 0 aliphatic carbocycles. The van der Waals surface area contributed by atoms with Crippen molar-refractivity contribution in [2.24, 2.45) is 0 Å². The van der Waals surface area contributed by atoms with Gasteiger partial charge in [0.05, 0.1) is 0 Å². The van der Waals surface area contributed by atoms with Crippen LogP contribution in [0.15, 0.2) is 54.6 Å². The summed E-state index contributed by atoms with van der Waals surface area (Å²) >= 11 is 5.87. The van der Waals surface area contributed by atoms with Gasteiger partial charge >= 0.3 is 0 Å². The Bertz CT molecular complexity index is 738. The fraction of sp³-hybridized carbons (Fsp3) is 0.333. The van der Waals surface area contributed by atoms with Crippen LogP contribution in [0.5, 0.6) is 0 Å². The zero-order valence-corrected chi connectivity index (χ0v) is 15.5. The van der Waals surface area contributed by atoms with Crippen molar-refractivity contribution < 1.29 is 9.59 Å². The minimum absolute atomic E-state index is 0.00200. The first-order valence-electron chi connectivity index (χ1n) is 9.00. The first kappa shape index (κ1) is 18.5. The van der Waals surface area contributed by atoms with Crippen molar-refractivity contribution >= 4 is 23.4 Å². The second-order valence-corrected chi connectivity index (χ2v) is 6.96. The number of hydrogen-bond acceptors (Lipinski definition) is 2. The first-order chi connectivity index (χ1) is 12.6. The van der Waals surface area contributed by atoms with Crippen LogP contribution in [0.4, 0.5) is 0 Å². The zero-order chi connectivity index (χ0) is 18.4. The molecule has 1 heterocycles. The van der Waals surface area contributed by atoms with E-state index in [1.54, 1.807) is 29.2 Å². The number of benzene rings is 2. The van der Waals surface area contributed by atoms with Crippen LogP contribution in [0.3, 0.4) is 0 Å². The van der Waals surface area contributed by atoms with E-state index in [4.69, 9.17) is 11.6 Å². The molecule has 0 radical (unpaired) electrons. The highest BCUT2D eigenvalue weighted by atomic mass is 35.5. The first-order valence-corrected chi connectivity index (χ1v) is 9.38. The number of carbonyl (C=O) groups is 2. The van der Waals surface area contributed by atoms with Crippen molar-refractivity contribution in [1.82, 2.24) is 9.80 Å². The Labute approximate surface area is 159 Å². The predicted molar refractivity (Wildman–Crippen MR) is 103 cm³/mol. The fourth-order valence-electron chi connectivity index (χ4n) is 3.18. The Morgan fingerprint density at radius 2 is 1.46 bits per heavy atom. The van der Waals surface area contributed by atoms with Crippen LogP contribution in [0.25, 0.3) is 0 Å². The standard InChI is InChI=1S/C21H23ClN2O2/c22-19-11-9-18(10-12-19)21(26)24-15-13-23(14-16-24)20(25)8-4-7-17-5-2-1-3-6-17/h1-3,5-6,9-12H,4,7-8,13-16H2. The molecule has 1 aliphatic heterocycles. The molecule has 5 heteroatoms. The molecular weight excluding hydrogens is 348 g/mol. The smallest absolute Gasteiger partial charge is 0.253 e. The van der Waals surface area contributed by atoms with Gasteiger partial charge in [0.25, 0.3) is 5.91 Å². The van der Waals surface area contributed by atoms with Gasteiger partial charge in [-0.3, -0.25) is 9.59 Å². The number of carbonyl (C=O) groups excluding carboxylic acids is 2. The summed E-state index contributed by atoms with van der Waals surface area (Å²) in [5.41, 5.74) is 1.90. The average Bonchev–Trinajstić information content (AvgIpc) is 2.69. The van der Waals surface area contributed by atoms with E-state index >= 15 is 0 Å². The third-order valence-corrected chi connectivity index (χ3v) is 4.96. The van der Waals surface area contributed by atoms with Gasteiger partial charge in [-0.1, -0.05) is 41.9 Å².